The maximum atomic E-state index is 12.1. The lowest BCUT2D eigenvalue weighted by molar-refractivity contribution is -0.122. The number of amides is 1. The van der Waals surface area contributed by atoms with Crippen molar-refractivity contribution in [2.75, 3.05) is 20.6 Å². The normalized spacial score (nSPS) is 22.9. The van der Waals surface area contributed by atoms with E-state index in [-0.39, 0.29) is 5.91 Å². The number of carbonyl (C=O) groups excluding carboxylic acids is 1. The molecule has 1 saturated carbocycles. The third-order valence-corrected chi connectivity index (χ3v) is 4.03. The van der Waals surface area contributed by atoms with Crippen LogP contribution in [0, 0.1) is 5.92 Å². The van der Waals surface area contributed by atoms with Gasteiger partial charge in [0.25, 0.3) is 0 Å². The highest BCUT2D eigenvalue weighted by molar-refractivity contribution is 5.76. The molecule has 0 spiro atoms. The molecule has 2 rings (SSSR count). The van der Waals surface area contributed by atoms with Crippen LogP contribution in [0.1, 0.15) is 37.9 Å². The van der Waals surface area contributed by atoms with Gasteiger partial charge in [0.05, 0.1) is 6.26 Å². The maximum absolute atomic E-state index is 12.1. The second-order valence-electron chi connectivity index (χ2n) is 6.06. The molecule has 0 radical (unpaired) electrons. The Morgan fingerprint density at radius 3 is 2.90 bits per heavy atom. The molecule has 0 saturated heterocycles. The number of hydrogen-bond donors (Lipinski definition) is 1. The fourth-order valence-corrected chi connectivity index (χ4v) is 3.06. The van der Waals surface area contributed by atoms with Crippen LogP contribution in [0.15, 0.2) is 22.8 Å². The Morgan fingerprint density at radius 2 is 2.20 bits per heavy atom. The highest BCUT2D eigenvalue weighted by Gasteiger charge is 2.26. The van der Waals surface area contributed by atoms with Gasteiger partial charge in [0.15, 0.2) is 0 Å². The van der Waals surface area contributed by atoms with Gasteiger partial charge < -0.3 is 14.6 Å². The molecule has 1 fully saturated rings. The van der Waals surface area contributed by atoms with Gasteiger partial charge in [-0.1, -0.05) is 12.8 Å². The topological polar surface area (TPSA) is 45.5 Å². The minimum Gasteiger partial charge on any atom is -0.469 e. The van der Waals surface area contributed by atoms with E-state index in [0.29, 0.717) is 24.8 Å². The average Bonchev–Trinajstić information content (AvgIpc) is 2.91. The van der Waals surface area contributed by atoms with Crippen LogP contribution in [-0.4, -0.2) is 37.5 Å². The van der Waals surface area contributed by atoms with Crippen LogP contribution in [0.4, 0.5) is 0 Å². The molecular formula is C16H26N2O2. The fraction of sp³-hybridized carbons (Fsp3) is 0.688. The van der Waals surface area contributed by atoms with Gasteiger partial charge in [-0.3, -0.25) is 4.79 Å². The summed E-state index contributed by atoms with van der Waals surface area (Å²) in [6.45, 7) is 1.06. The summed E-state index contributed by atoms with van der Waals surface area (Å²) >= 11 is 0. The Labute approximate surface area is 121 Å². The van der Waals surface area contributed by atoms with Crippen molar-refractivity contribution in [3.63, 3.8) is 0 Å². The lowest BCUT2D eigenvalue weighted by Gasteiger charge is -2.34. The van der Waals surface area contributed by atoms with Crippen LogP contribution >= 0.6 is 0 Å². The molecule has 1 aliphatic rings. The molecule has 4 heteroatoms. The number of carbonyl (C=O) groups is 1. The van der Waals surface area contributed by atoms with Gasteiger partial charge in [0, 0.05) is 25.4 Å². The number of nitrogens with one attached hydrogen (secondary N) is 1. The minimum absolute atomic E-state index is 0.150. The van der Waals surface area contributed by atoms with Gasteiger partial charge in [-0.25, -0.2) is 0 Å². The Bertz CT molecular complexity index is 401. The first-order chi connectivity index (χ1) is 9.65. The third-order valence-electron chi connectivity index (χ3n) is 4.03. The van der Waals surface area contributed by atoms with Gasteiger partial charge in [0.1, 0.15) is 5.76 Å². The zero-order valence-electron chi connectivity index (χ0n) is 12.6. The standard InChI is InChI=1S/C16H26N2O2/c1-18(2)12-13-6-3-4-8-15(13)17-16(19)10-9-14-7-5-11-20-14/h5,7,11,13,15H,3-4,6,8-10,12H2,1-2H3,(H,17,19). The number of aryl methyl sites for hydroxylation is 1. The largest absolute Gasteiger partial charge is 0.469 e. The third kappa shape index (κ3) is 4.67. The molecular weight excluding hydrogens is 252 g/mol. The molecule has 1 N–H and O–H groups in total. The molecule has 2 atom stereocenters. The number of hydrogen-bond acceptors (Lipinski definition) is 3. The van der Waals surface area contributed by atoms with Gasteiger partial charge in [-0.2, -0.15) is 0 Å². The molecule has 1 heterocycles. The number of nitrogens with zero attached hydrogens (tertiary/aromatic N) is 1. The predicted molar refractivity (Wildman–Crippen MR) is 79.5 cm³/mol. The monoisotopic (exact) mass is 278 g/mol. The molecule has 1 aromatic heterocycles. The molecule has 1 aromatic rings. The maximum Gasteiger partial charge on any atom is 0.220 e. The van der Waals surface area contributed by atoms with Crippen molar-refractivity contribution in [3.8, 4) is 0 Å². The molecule has 4 nitrogen and oxygen atoms in total. The molecule has 2 unspecified atom stereocenters. The predicted octanol–water partition coefficient (Wildman–Crippen LogP) is 2.45. The Balaban J connectivity index is 1.78. The van der Waals surface area contributed by atoms with Gasteiger partial charge >= 0.3 is 0 Å². The summed E-state index contributed by atoms with van der Waals surface area (Å²) in [6, 6.07) is 4.12. The lowest BCUT2D eigenvalue weighted by Crippen LogP contribution is -2.45. The average molecular weight is 278 g/mol. The first-order valence-electron chi connectivity index (χ1n) is 7.61. The second kappa shape index (κ2) is 7.48. The van der Waals surface area contributed by atoms with Gasteiger partial charge in [-0.05, 0) is 45.0 Å². The van der Waals surface area contributed by atoms with Crippen molar-refractivity contribution in [2.45, 2.75) is 44.6 Å². The van der Waals surface area contributed by atoms with Crippen molar-refractivity contribution in [2.24, 2.45) is 5.92 Å². The summed E-state index contributed by atoms with van der Waals surface area (Å²) in [7, 11) is 4.20. The van der Waals surface area contributed by atoms with Crippen molar-refractivity contribution < 1.29 is 9.21 Å². The molecule has 112 valence electrons. The summed E-state index contributed by atoms with van der Waals surface area (Å²) in [5.41, 5.74) is 0. The quantitative estimate of drug-likeness (QED) is 0.869. The van der Waals surface area contributed by atoms with Crippen LogP contribution in [-0.2, 0) is 11.2 Å². The first-order valence-corrected chi connectivity index (χ1v) is 7.61. The fourth-order valence-electron chi connectivity index (χ4n) is 3.06. The summed E-state index contributed by atoms with van der Waals surface area (Å²) in [4.78, 5) is 14.3. The summed E-state index contributed by atoms with van der Waals surface area (Å²) in [6.07, 6.45) is 7.71. The second-order valence-corrected chi connectivity index (χ2v) is 6.06. The van der Waals surface area contributed by atoms with Crippen LogP contribution < -0.4 is 5.32 Å². The van der Waals surface area contributed by atoms with E-state index in [0.717, 1.165) is 18.7 Å². The van der Waals surface area contributed by atoms with Crippen molar-refractivity contribution in [1.82, 2.24) is 10.2 Å². The zero-order chi connectivity index (χ0) is 14.4. The van der Waals surface area contributed by atoms with Crippen LogP contribution in [0.2, 0.25) is 0 Å². The van der Waals surface area contributed by atoms with Crippen LogP contribution in [0.3, 0.4) is 0 Å². The Hall–Kier alpha value is -1.29. The molecule has 20 heavy (non-hydrogen) atoms. The molecule has 1 aliphatic carbocycles. The zero-order valence-corrected chi connectivity index (χ0v) is 12.6. The SMILES string of the molecule is CN(C)CC1CCCCC1NC(=O)CCc1ccco1. The van der Waals surface area contributed by atoms with Gasteiger partial charge in [-0.15, -0.1) is 0 Å². The lowest BCUT2D eigenvalue weighted by atomic mass is 9.84. The molecule has 0 aromatic carbocycles. The van der Waals surface area contributed by atoms with Crippen molar-refractivity contribution >= 4 is 5.91 Å². The van der Waals surface area contributed by atoms with Crippen LogP contribution in [0.25, 0.3) is 0 Å². The summed E-state index contributed by atoms with van der Waals surface area (Å²) in [5.74, 6) is 1.62. The van der Waals surface area contributed by atoms with E-state index in [1.54, 1.807) is 6.26 Å². The smallest absolute Gasteiger partial charge is 0.220 e. The van der Waals surface area contributed by atoms with E-state index < -0.39 is 0 Å². The number of furan rings is 1. The van der Waals surface area contributed by atoms with Crippen molar-refractivity contribution in [1.29, 1.82) is 0 Å². The minimum atomic E-state index is 0.150. The van der Waals surface area contributed by atoms with Gasteiger partial charge in [0.2, 0.25) is 5.91 Å². The van der Waals surface area contributed by atoms with Crippen LogP contribution in [0.5, 0.6) is 0 Å². The highest BCUT2D eigenvalue weighted by atomic mass is 16.3. The Morgan fingerprint density at radius 1 is 1.40 bits per heavy atom. The Kier molecular flexibility index (Phi) is 5.65. The first kappa shape index (κ1) is 15.1. The molecule has 0 bridgehead atoms. The molecule has 0 aliphatic heterocycles. The molecule has 1 amide bonds. The van der Waals surface area contributed by atoms with E-state index in [9.17, 15) is 4.79 Å². The van der Waals surface area contributed by atoms with E-state index in [4.69, 9.17) is 4.42 Å². The van der Waals surface area contributed by atoms with E-state index >= 15 is 0 Å². The number of rotatable bonds is 6. The van der Waals surface area contributed by atoms with E-state index in [1.165, 1.54) is 19.3 Å². The summed E-state index contributed by atoms with van der Waals surface area (Å²) in [5, 5.41) is 3.23. The highest BCUT2D eigenvalue weighted by Crippen LogP contribution is 2.25. The van der Waals surface area contributed by atoms with Crippen molar-refractivity contribution in [3.05, 3.63) is 24.2 Å². The van der Waals surface area contributed by atoms with E-state index in [2.05, 4.69) is 24.3 Å². The van der Waals surface area contributed by atoms with E-state index in [1.807, 2.05) is 12.1 Å². The summed E-state index contributed by atoms with van der Waals surface area (Å²) < 4.78 is 5.26.